The van der Waals surface area contributed by atoms with Crippen molar-refractivity contribution in [2.24, 2.45) is 0 Å². The molecule has 2 aromatic rings. The molecule has 1 aliphatic carbocycles. The van der Waals surface area contributed by atoms with Crippen molar-refractivity contribution < 1.29 is 0 Å². The minimum atomic E-state index is 0.718. The quantitative estimate of drug-likeness (QED) is 0.800. The first-order valence-corrected chi connectivity index (χ1v) is 5.83. The third kappa shape index (κ3) is 1.76. The summed E-state index contributed by atoms with van der Waals surface area (Å²) in [4.78, 5) is 3.07. The second-order valence-corrected chi connectivity index (χ2v) is 4.45. The maximum Gasteiger partial charge on any atom is 0.0220 e. The molecule has 1 atom stereocenters. The summed E-state index contributed by atoms with van der Waals surface area (Å²) in [5.41, 5.74) is 4.38. The van der Waals surface area contributed by atoms with E-state index < -0.39 is 0 Å². The summed E-state index contributed by atoms with van der Waals surface area (Å²) >= 11 is 0. The molecule has 0 fully saturated rings. The van der Waals surface area contributed by atoms with Crippen LogP contribution in [0.4, 0.5) is 0 Å². The zero-order valence-corrected chi connectivity index (χ0v) is 9.24. The second-order valence-electron chi connectivity index (χ2n) is 4.45. The third-order valence-corrected chi connectivity index (χ3v) is 3.34. The van der Waals surface area contributed by atoms with Gasteiger partial charge in [0.1, 0.15) is 0 Å². The molecule has 0 spiro atoms. The summed E-state index contributed by atoms with van der Waals surface area (Å²) in [6.45, 7) is 2.05. The molecule has 3 rings (SSSR count). The van der Waals surface area contributed by atoms with E-state index in [1.807, 2.05) is 12.4 Å². The van der Waals surface area contributed by atoms with Crippen molar-refractivity contribution in [3.63, 3.8) is 0 Å². The highest BCUT2D eigenvalue weighted by molar-refractivity contribution is 5.40. The maximum atomic E-state index is 3.51. The van der Waals surface area contributed by atoms with Gasteiger partial charge in [0, 0.05) is 31.4 Å². The van der Waals surface area contributed by atoms with Crippen LogP contribution in [-0.2, 0) is 13.0 Å². The molecule has 1 aliphatic rings. The molecule has 0 aliphatic heterocycles. The molecule has 2 heteroatoms. The van der Waals surface area contributed by atoms with Crippen LogP contribution in [0.2, 0.25) is 0 Å². The van der Waals surface area contributed by atoms with Crippen LogP contribution in [0.3, 0.4) is 0 Å². The molecule has 1 aromatic heterocycles. The normalized spacial score (nSPS) is 17.9. The highest BCUT2D eigenvalue weighted by Crippen LogP contribution is 2.33. The molecule has 0 radical (unpaired) electrons. The van der Waals surface area contributed by atoms with Crippen LogP contribution >= 0.6 is 0 Å². The lowest BCUT2D eigenvalue weighted by Gasteiger charge is -2.30. The molecule has 1 unspecified atom stereocenters. The van der Waals surface area contributed by atoms with E-state index in [9.17, 15) is 0 Å². The summed E-state index contributed by atoms with van der Waals surface area (Å²) in [7, 11) is 0. The van der Waals surface area contributed by atoms with Crippen molar-refractivity contribution in [3.05, 3.63) is 59.4 Å². The smallest absolute Gasteiger partial charge is 0.0220 e. The zero-order valence-electron chi connectivity index (χ0n) is 9.24. The van der Waals surface area contributed by atoms with Gasteiger partial charge in [-0.1, -0.05) is 24.3 Å². The molecule has 16 heavy (non-hydrogen) atoms. The summed E-state index contributed by atoms with van der Waals surface area (Å²) in [6.07, 6.45) is 5.24. The highest BCUT2D eigenvalue weighted by atomic mass is 14.9. The van der Waals surface area contributed by atoms with Gasteiger partial charge < -0.3 is 10.3 Å². The van der Waals surface area contributed by atoms with E-state index in [2.05, 4.69) is 40.6 Å². The number of nitrogens with one attached hydrogen (secondary N) is 2. The van der Waals surface area contributed by atoms with E-state index >= 15 is 0 Å². The Bertz CT molecular complexity index is 459. The Balaban J connectivity index is 1.52. The van der Waals surface area contributed by atoms with Crippen molar-refractivity contribution in [1.82, 2.24) is 10.3 Å². The molecule has 0 amide bonds. The Kier molecular flexibility index (Phi) is 2.50. The molecular formula is C14H16N2. The first-order chi connectivity index (χ1) is 7.93. The fraction of sp³-hybridized carbons (Fsp3) is 0.286. The van der Waals surface area contributed by atoms with Crippen molar-refractivity contribution >= 4 is 0 Å². The lowest BCUT2D eigenvalue weighted by atomic mass is 9.77. The first-order valence-electron chi connectivity index (χ1n) is 5.83. The fourth-order valence-electron chi connectivity index (χ4n) is 2.40. The number of benzene rings is 1. The predicted octanol–water partition coefficient (Wildman–Crippen LogP) is 2.44. The molecule has 2 nitrogen and oxygen atoms in total. The molecule has 82 valence electrons. The van der Waals surface area contributed by atoms with Gasteiger partial charge in [0.05, 0.1) is 0 Å². The summed E-state index contributed by atoms with van der Waals surface area (Å²) < 4.78 is 0. The molecule has 2 N–H and O–H groups in total. The summed E-state index contributed by atoms with van der Waals surface area (Å²) in [6, 6.07) is 10.9. The topological polar surface area (TPSA) is 27.8 Å². The van der Waals surface area contributed by atoms with Gasteiger partial charge in [0.15, 0.2) is 0 Å². The zero-order chi connectivity index (χ0) is 10.8. The number of fused-ring (bicyclic) bond motifs is 1. The molecular weight excluding hydrogens is 196 g/mol. The van der Waals surface area contributed by atoms with Crippen LogP contribution in [0.15, 0.2) is 42.7 Å². The van der Waals surface area contributed by atoms with Gasteiger partial charge in [-0.25, -0.2) is 0 Å². The van der Waals surface area contributed by atoms with Gasteiger partial charge in [-0.2, -0.15) is 0 Å². The molecule has 0 saturated carbocycles. The lowest BCUT2D eigenvalue weighted by Crippen LogP contribution is -2.28. The average Bonchev–Trinajstić information content (AvgIpc) is 2.77. The van der Waals surface area contributed by atoms with Gasteiger partial charge in [-0.15, -0.1) is 0 Å². The minimum absolute atomic E-state index is 0.718. The third-order valence-electron chi connectivity index (χ3n) is 3.34. The Labute approximate surface area is 95.7 Å². The standard InChI is InChI=1S/C14H16N2/c1-2-4-14-12(3-1)7-13(14)10-16-9-11-5-6-15-8-11/h1-6,8,13,15-16H,7,9-10H2. The van der Waals surface area contributed by atoms with Crippen molar-refractivity contribution in [2.75, 3.05) is 6.54 Å². The molecule has 1 aromatic carbocycles. The van der Waals surface area contributed by atoms with Crippen LogP contribution < -0.4 is 5.32 Å². The fourth-order valence-corrected chi connectivity index (χ4v) is 2.40. The van der Waals surface area contributed by atoms with E-state index in [4.69, 9.17) is 0 Å². The van der Waals surface area contributed by atoms with Crippen LogP contribution in [0, 0.1) is 0 Å². The van der Waals surface area contributed by atoms with E-state index in [0.29, 0.717) is 0 Å². The van der Waals surface area contributed by atoms with Crippen molar-refractivity contribution in [3.8, 4) is 0 Å². The van der Waals surface area contributed by atoms with Crippen LogP contribution in [0.1, 0.15) is 22.6 Å². The SMILES string of the molecule is c1ccc2c(c1)CC2CNCc1cc[nH]c1. The molecule has 0 bridgehead atoms. The van der Waals surface area contributed by atoms with Crippen LogP contribution in [0.5, 0.6) is 0 Å². The van der Waals surface area contributed by atoms with Crippen molar-refractivity contribution in [1.29, 1.82) is 0 Å². The van der Waals surface area contributed by atoms with Gasteiger partial charge in [0.2, 0.25) is 0 Å². The van der Waals surface area contributed by atoms with E-state index in [-0.39, 0.29) is 0 Å². The lowest BCUT2D eigenvalue weighted by molar-refractivity contribution is 0.536. The molecule has 1 heterocycles. The minimum Gasteiger partial charge on any atom is -0.367 e. The Morgan fingerprint density at radius 3 is 3.00 bits per heavy atom. The largest absolute Gasteiger partial charge is 0.367 e. The van der Waals surface area contributed by atoms with Crippen molar-refractivity contribution in [2.45, 2.75) is 18.9 Å². The maximum absolute atomic E-state index is 3.51. The molecule has 0 saturated heterocycles. The first kappa shape index (κ1) is 9.67. The van der Waals surface area contributed by atoms with Gasteiger partial charge in [0.25, 0.3) is 0 Å². The number of hydrogen-bond acceptors (Lipinski definition) is 1. The number of rotatable bonds is 4. The monoisotopic (exact) mass is 212 g/mol. The summed E-state index contributed by atoms with van der Waals surface area (Å²) in [5.74, 6) is 0.718. The van der Waals surface area contributed by atoms with E-state index in [1.54, 1.807) is 0 Å². The van der Waals surface area contributed by atoms with Gasteiger partial charge in [-0.3, -0.25) is 0 Å². The van der Waals surface area contributed by atoms with Gasteiger partial charge in [-0.05, 0) is 29.2 Å². The Morgan fingerprint density at radius 1 is 1.25 bits per heavy atom. The highest BCUT2D eigenvalue weighted by Gasteiger charge is 2.24. The van der Waals surface area contributed by atoms with Crippen LogP contribution in [0.25, 0.3) is 0 Å². The van der Waals surface area contributed by atoms with Gasteiger partial charge >= 0.3 is 0 Å². The number of aromatic amines is 1. The summed E-state index contributed by atoms with van der Waals surface area (Å²) in [5, 5.41) is 3.51. The van der Waals surface area contributed by atoms with Crippen LogP contribution in [-0.4, -0.2) is 11.5 Å². The predicted molar refractivity (Wildman–Crippen MR) is 65.4 cm³/mol. The number of hydrogen-bond donors (Lipinski definition) is 2. The van der Waals surface area contributed by atoms with E-state index in [1.165, 1.54) is 23.1 Å². The Morgan fingerprint density at radius 2 is 2.19 bits per heavy atom. The number of H-pyrrole nitrogens is 1. The van der Waals surface area contributed by atoms with E-state index in [0.717, 1.165) is 19.0 Å². The second kappa shape index (κ2) is 4.14. The number of aromatic nitrogens is 1. The average molecular weight is 212 g/mol. The Hall–Kier alpha value is -1.54.